The molecule has 0 atom stereocenters. The van der Waals surface area contributed by atoms with E-state index in [1.807, 2.05) is 67.6 Å². The number of fused-ring (bicyclic) bond motifs is 3. The van der Waals surface area contributed by atoms with Crippen LogP contribution in [0.3, 0.4) is 0 Å². The summed E-state index contributed by atoms with van der Waals surface area (Å²) in [5.74, 6) is 1.44. The number of hydrogen-bond donors (Lipinski definition) is 0. The molecule has 2 aromatic carbocycles. The van der Waals surface area contributed by atoms with E-state index in [0.29, 0.717) is 17.7 Å². The summed E-state index contributed by atoms with van der Waals surface area (Å²) in [6, 6.07) is 16.2. The zero-order chi connectivity index (χ0) is 21.2. The predicted octanol–water partition coefficient (Wildman–Crippen LogP) is 4.45. The summed E-state index contributed by atoms with van der Waals surface area (Å²) < 4.78 is 3.80. The summed E-state index contributed by atoms with van der Waals surface area (Å²) in [5, 5.41) is 9.75. The third kappa shape index (κ3) is 3.74. The molecular formula is C25H27N5O. The van der Waals surface area contributed by atoms with Crippen LogP contribution in [0.4, 0.5) is 5.95 Å². The normalized spacial score (nSPS) is 15.2. The molecule has 0 N–H and O–H groups in total. The van der Waals surface area contributed by atoms with Gasteiger partial charge in [0.05, 0.1) is 10.9 Å². The number of rotatable bonds is 4. The van der Waals surface area contributed by atoms with Crippen LogP contribution in [0, 0.1) is 6.92 Å². The molecule has 31 heavy (non-hydrogen) atoms. The Labute approximate surface area is 181 Å². The Morgan fingerprint density at radius 3 is 2.52 bits per heavy atom. The number of anilines is 1. The van der Waals surface area contributed by atoms with Crippen molar-refractivity contribution in [3.05, 3.63) is 76.1 Å². The molecule has 0 spiro atoms. The zero-order valence-electron chi connectivity index (χ0n) is 17.9. The molecular weight excluding hydrogens is 386 g/mol. The molecule has 0 bridgehead atoms. The number of benzene rings is 2. The predicted molar refractivity (Wildman–Crippen MR) is 126 cm³/mol. The zero-order valence-corrected chi connectivity index (χ0v) is 17.9. The molecule has 158 valence electrons. The summed E-state index contributed by atoms with van der Waals surface area (Å²) in [5.41, 5.74) is 3.02. The van der Waals surface area contributed by atoms with Gasteiger partial charge < -0.3 is 4.90 Å². The van der Waals surface area contributed by atoms with Crippen molar-refractivity contribution in [3.8, 4) is 0 Å². The Bertz CT molecular complexity index is 1290. The highest BCUT2D eigenvalue weighted by atomic mass is 16.1. The minimum atomic E-state index is -0.0290. The lowest BCUT2D eigenvalue weighted by Crippen LogP contribution is -2.28. The lowest BCUT2D eigenvalue weighted by Gasteiger charge is -2.20. The van der Waals surface area contributed by atoms with Crippen LogP contribution in [0.2, 0.25) is 0 Å². The number of hydrogen-bond acceptors (Lipinski definition) is 4. The molecule has 0 saturated carbocycles. The van der Waals surface area contributed by atoms with Crippen molar-refractivity contribution in [2.45, 2.75) is 39.2 Å². The maximum atomic E-state index is 13.4. The molecule has 1 fully saturated rings. The third-order valence-corrected chi connectivity index (χ3v) is 6.03. The largest absolute Gasteiger partial charge is 0.341 e. The highest BCUT2D eigenvalue weighted by molar-refractivity contribution is 5.82. The topological polar surface area (TPSA) is 55.4 Å². The quantitative estimate of drug-likeness (QED) is 0.496. The average molecular weight is 414 g/mol. The second kappa shape index (κ2) is 8.38. The molecule has 0 amide bonds. The van der Waals surface area contributed by atoms with Gasteiger partial charge in [-0.25, -0.2) is 4.40 Å². The van der Waals surface area contributed by atoms with E-state index in [1.54, 1.807) is 4.57 Å². The van der Waals surface area contributed by atoms with Crippen molar-refractivity contribution in [2.24, 2.45) is 0 Å². The number of aromatic nitrogens is 4. The molecule has 5 rings (SSSR count). The Kier molecular flexibility index (Phi) is 5.28. The SMILES string of the molecule is Cc1ccc2c(c1)c(=O)n(C/C=C/c1ccccc1)c1nnc(N3CCCCCC3)n21. The van der Waals surface area contributed by atoms with Crippen molar-refractivity contribution in [2.75, 3.05) is 18.0 Å². The molecule has 6 nitrogen and oxygen atoms in total. The van der Waals surface area contributed by atoms with Crippen molar-refractivity contribution in [3.63, 3.8) is 0 Å². The Morgan fingerprint density at radius 2 is 1.74 bits per heavy atom. The fraction of sp³-hybridized carbons (Fsp3) is 0.320. The summed E-state index contributed by atoms with van der Waals surface area (Å²) >= 11 is 0. The van der Waals surface area contributed by atoms with Gasteiger partial charge in [-0.1, -0.05) is 67.0 Å². The van der Waals surface area contributed by atoms with Gasteiger partial charge in [0.15, 0.2) is 0 Å². The van der Waals surface area contributed by atoms with Gasteiger partial charge in [-0.05, 0) is 37.5 Å². The van der Waals surface area contributed by atoms with Crippen LogP contribution < -0.4 is 10.5 Å². The average Bonchev–Trinajstić information content (AvgIpc) is 3.04. The monoisotopic (exact) mass is 413 g/mol. The highest BCUT2D eigenvalue weighted by Gasteiger charge is 2.21. The molecule has 0 unspecified atom stereocenters. The summed E-state index contributed by atoms with van der Waals surface area (Å²) in [6.07, 6.45) is 8.87. The number of nitrogens with zero attached hydrogens (tertiary/aromatic N) is 5. The lowest BCUT2D eigenvalue weighted by molar-refractivity contribution is 0.726. The van der Waals surface area contributed by atoms with E-state index in [9.17, 15) is 4.79 Å². The number of aryl methyl sites for hydroxylation is 1. The van der Waals surface area contributed by atoms with Crippen LogP contribution >= 0.6 is 0 Å². The van der Waals surface area contributed by atoms with Gasteiger partial charge in [0.2, 0.25) is 11.7 Å². The Morgan fingerprint density at radius 1 is 0.968 bits per heavy atom. The summed E-state index contributed by atoms with van der Waals surface area (Å²) in [6.45, 7) is 4.41. The van der Waals surface area contributed by atoms with Crippen LogP contribution in [0.5, 0.6) is 0 Å². The lowest BCUT2D eigenvalue weighted by atomic mass is 10.1. The van der Waals surface area contributed by atoms with Crippen molar-refractivity contribution in [1.82, 2.24) is 19.2 Å². The summed E-state index contributed by atoms with van der Waals surface area (Å²) in [7, 11) is 0. The smallest absolute Gasteiger partial charge is 0.263 e. The van der Waals surface area contributed by atoms with Gasteiger partial charge in [0, 0.05) is 19.6 Å². The molecule has 3 heterocycles. The molecule has 6 heteroatoms. The second-order valence-electron chi connectivity index (χ2n) is 8.29. The Hall–Kier alpha value is -3.41. The molecule has 1 aliphatic heterocycles. The second-order valence-corrected chi connectivity index (χ2v) is 8.29. The molecule has 1 saturated heterocycles. The fourth-order valence-corrected chi connectivity index (χ4v) is 4.41. The van der Waals surface area contributed by atoms with E-state index in [1.165, 1.54) is 12.8 Å². The minimum absolute atomic E-state index is 0.0290. The first-order valence-electron chi connectivity index (χ1n) is 11.1. The van der Waals surface area contributed by atoms with Gasteiger partial charge in [0.1, 0.15) is 0 Å². The molecule has 0 radical (unpaired) electrons. The van der Waals surface area contributed by atoms with E-state index in [-0.39, 0.29) is 5.56 Å². The summed E-state index contributed by atoms with van der Waals surface area (Å²) in [4.78, 5) is 15.7. The van der Waals surface area contributed by atoms with Gasteiger partial charge in [-0.15, -0.1) is 10.2 Å². The van der Waals surface area contributed by atoms with Gasteiger partial charge in [0.25, 0.3) is 5.56 Å². The molecule has 2 aromatic heterocycles. The van der Waals surface area contributed by atoms with E-state index in [0.717, 1.165) is 48.5 Å². The van der Waals surface area contributed by atoms with E-state index in [4.69, 9.17) is 0 Å². The van der Waals surface area contributed by atoms with Gasteiger partial charge >= 0.3 is 0 Å². The first kappa shape index (κ1) is 19.5. The van der Waals surface area contributed by atoms with Crippen molar-refractivity contribution >= 4 is 28.7 Å². The maximum absolute atomic E-state index is 13.4. The fourth-order valence-electron chi connectivity index (χ4n) is 4.41. The molecule has 4 aromatic rings. The van der Waals surface area contributed by atoms with Crippen molar-refractivity contribution < 1.29 is 0 Å². The number of allylic oxidation sites excluding steroid dienone is 1. The van der Waals surface area contributed by atoms with Crippen molar-refractivity contribution in [1.29, 1.82) is 0 Å². The maximum Gasteiger partial charge on any atom is 0.263 e. The van der Waals surface area contributed by atoms with Crippen LogP contribution in [-0.2, 0) is 6.54 Å². The first-order chi connectivity index (χ1) is 15.2. The third-order valence-electron chi connectivity index (χ3n) is 6.03. The van der Waals surface area contributed by atoms with Gasteiger partial charge in [-0.2, -0.15) is 0 Å². The van der Waals surface area contributed by atoms with Gasteiger partial charge in [-0.3, -0.25) is 9.36 Å². The van der Waals surface area contributed by atoms with Crippen LogP contribution in [-0.4, -0.2) is 32.3 Å². The van der Waals surface area contributed by atoms with Crippen LogP contribution in [0.15, 0.2) is 59.4 Å². The first-order valence-corrected chi connectivity index (χ1v) is 11.1. The van der Waals surface area contributed by atoms with Crippen LogP contribution in [0.1, 0.15) is 36.8 Å². The van der Waals surface area contributed by atoms with E-state index < -0.39 is 0 Å². The van der Waals surface area contributed by atoms with E-state index in [2.05, 4.69) is 19.5 Å². The molecule has 0 aliphatic carbocycles. The van der Waals surface area contributed by atoms with E-state index >= 15 is 0 Å². The highest BCUT2D eigenvalue weighted by Crippen LogP contribution is 2.23. The standard InChI is InChI=1S/C25H27N5O/c1-19-13-14-22-21(18-19)23(31)29(17-9-12-20-10-5-4-6-11-20)25-27-26-24(30(22)25)28-15-7-2-3-8-16-28/h4-6,9-14,18H,2-3,7-8,15-17H2,1H3/b12-9+. The van der Waals surface area contributed by atoms with Crippen LogP contribution in [0.25, 0.3) is 22.8 Å². The minimum Gasteiger partial charge on any atom is -0.341 e. The molecule has 1 aliphatic rings. The Balaban J connectivity index is 1.66.